The van der Waals surface area contributed by atoms with Crippen molar-refractivity contribution in [3.8, 4) is 0 Å². The molecular formula is C15H21ClN2O2. The number of hydrogen-bond donors (Lipinski definition) is 0. The highest BCUT2D eigenvalue weighted by Crippen LogP contribution is 2.36. The van der Waals surface area contributed by atoms with Crippen molar-refractivity contribution in [3.05, 3.63) is 33.9 Å². The number of non-ortho nitro benzene ring substituents is 1. The van der Waals surface area contributed by atoms with Crippen LogP contribution in [-0.4, -0.2) is 17.5 Å². The van der Waals surface area contributed by atoms with Crippen LogP contribution < -0.4 is 4.90 Å². The number of anilines is 1. The van der Waals surface area contributed by atoms with Crippen molar-refractivity contribution in [2.75, 3.05) is 11.4 Å². The van der Waals surface area contributed by atoms with Crippen molar-refractivity contribution in [2.45, 2.75) is 45.0 Å². The molecule has 0 aliphatic heterocycles. The fourth-order valence-electron chi connectivity index (χ4n) is 2.36. The fourth-order valence-corrected chi connectivity index (χ4v) is 2.57. The highest BCUT2D eigenvalue weighted by atomic mass is 35.5. The van der Waals surface area contributed by atoms with Gasteiger partial charge in [0.05, 0.1) is 4.92 Å². The van der Waals surface area contributed by atoms with E-state index in [1.54, 1.807) is 12.1 Å². The number of nitrogens with zero attached hydrogens (tertiary/aromatic N) is 2. The van der Waals surface area contributed by atoms with Gasteiger partial charge >= 0.3 is 0 Å². The van der Waals surface area contributed by atoms with Gasteiger partial charge in [-0.25, -0.2) is 0 Å². The first-order chi connectivity index (χ1) is 9.52. The Bertz CT molecular complexity index is 487. The highest BCUT2D eigenvalue weighted by molar-refractivity contribution is 6.17. The van der Waals surface area contributed by atoms with Crippen LogP contribution in [0.1, 0.15) is 38.7 Å². The Morgan fingerprint density at radius 2 is 2.15 bits per heavy atom. The normalized spacial score (nSPS) is 14.6. The van der Waals surface area contributed by atoms with Gasteiger partial charge in [0.2, 0.25) is 0 Å². The molecule has 0 aromatic heterocycles. The van der Waals surface area contributed by atoms with E-state index in [-0.39, 0.29) is 10.6 Å². The average molecular weight is 297 g/mol. The second-order valence-electron chi connectivity index (χ2n) is 5.81. The van der Waals surface area contributed by atoms with Crippen LogP contribution in [0.25, 0.3) is 0 Å². The Labute approximate surface area is 124 Å². The fraction of sp³-hybridized carbons (Fsp3) is 0.600. The lowest BCUT2D eigenvalue weighted by atomic mass is 10.1. The lowest BCUT2D eigenvalue weighted by Gasteiger charge is -2.27. The van der Waals surface area contributed by atoms with Crippen LogP contribution >= 0.6 is 11.6 Å². The topological polar surface area (TPSA) is 46.4 Å². The van der Waals surface area contributed by atoms with Gasteiger partial charge in [0, 0.05) is 36.3 Å². The van der Waals surface area contributed by atoms with E-state index in [9.17, 15) is 10.1 Å². The maximum Gasteiger partial charge on any atom is 0.269 e. The quantitative estimate of drug-likeness (QED) is 0.427. The molecule has 1 aromatic carbocycles. The van der Waals surface area contributed by atoms with Gasteiger partial charge in [-0.1, -0.05) is 13.8 Å². The van der Waals surface area contributed by atoms with E-state index in [4.69, 9.17) is 11.6 Å². The Kier molecular flexibility index (Phi) is 4.86. The predicted octanol–water partition coefficient (Wildman–Crippen LogP) is 4.35. The van der Waals surface area contributed by atoms with Gasteiger partial charge in [-0.3, -0.25) is 10.1 Å². The Hall–Kier alpha value is -1.29. The maximum atomic E-state index is 10.9. The molecule has 0 unspecified atom stereocenters. The number of hydrogen-bond acceptors (Lipinski definition) is 3. The summed E-state index contributed by atoms with van der Waals surface area (Å²) >= 11 is 5.99. The molecule has 0 amide bonds. The van der Waals surface area contributed by atoms with E-state index >= 15 is 0 Å². The van der Waals surface area contributed by atoms with Crippen molar-refractivity contribution in [2.24, 2.45) is 5.92 Å². The molecular weight excluding hydrogens is 276 g/mol. The van der Waals surface area contributed by atoms with Crippen LogP contribution in [0.3, 0.4) is 0 Å². The van der Waals surface area contributed by atoms with Crippen LogP contribution in [0, 0.1) is 16.0 Å². The van der Waals surface area contributed by atoms with Gasteiger partial charge in [-0.2, -0.15) is 0 Å². The molecule has 0 heterocycles. The van der Waals surface area contributed by atoms with Crippen LogP contribution in [0.4, 0.5) is 11.4 Å². The first kappa shape index (κ1) is 15.1. The van der Waals surface area contributed by atoms with Gasteiger partial charge in [0.25, 0.3) is 5.69 Å². The van der Waals surface area contributed by atoms with E-state index in [2.05, 4.69) is 18.7 Å². The van der Waals surface area contributed by atoms with Crippen molar-refractivity contribution < 1.29 is 4.92 Å². The summed E-state index contributed by atoms with van der Waals surface area (Å²) < 4.78 is 0. The molecule has 5 heteroatoms. The molecule has 0 spiro atoms. The highest BCUT2D eigenvalue weighted by Gasteiger charge is 2.30. The molecule has 0 N–H and O–H groups in total. The summed E-state index contributed by atoms with van der Waals surface area (Å²) in [5.74, 6) is 0.954. The van der Waals surface area contributed by atoms with Crippen molar-refractivity contribution in [3.63, 3.8) is 0 Å². The first-order valence-corrected chi connectivity index (χ1v) is 7.66. The molecule has 1 aliphatic carbocycles. The van der Waals surface area contributed by atoms with Gasteiger partial charge in [0.15, 0.2) is 0 Å². The third-order valence-electron chi connectivity index (χ3n) is 3.66. The zero-order chi connectivity index (χ0) is 14.7. The molecule has 4 nitrogen and oxygen atoms in total. The molecule has 110 valence electrons. The van der Waals surface area contributed by atoms with Gasteiger partial charge in [0.1, 0.15) is 0 Å². The summed E-state index contributed by atoms with van der Waals surface area (Å²) in [4.78, 5) is 12.9. The van der Waals surface area contributed by atoms with Crippen LogP contribution in [-0.2, 0) is 5.88 Å². The molecule has 2 rings (SSSR count). The number of alkyl halides is 1. The molecule has 1 saturated carbocycles. The zero-order valence-electron chi connectivity index (χ0n) is 12.0. The third-order valence-corrected chi connectivity index (χ3v) is 3.95. The molecule has 1 fully saturated rings. The molecule has 0 saturated heterocycles. The molecule has 1 aliphatic rings. The standard InChI is InChI=1S/C15H21ClN2O2/c1-11(2)7-8-17(13-3-4-13)15-6-5-14(18(19)20)9-12(15)10-16/h5-6,9,11,13H,3-4,7-8,10H2,1-2H3. The van der Waals surface area contributed by atoms with Gasteiger partial charge in [-0.05, 0) is 36.8 Å². The smallest absolute Gasteiger partial charge is 0.269 e. The molecule has 20 heavy (non-hydrogen) atoms. The van der Waals surface area contributed by atoms with Crippen molar-refractivity contribution >= 4 is 23.0 Å². The van der Waals surface area contributed by atoms with E-state index in [1.165, 1.54) is 12.8 Å². The van der Waals surface area contributed by atoms with E-state index in [1.807, 2.05) is 6.07 Å². The number of nitro groups is 1. The van der Waals surface area contributed by atoms with Crippen molar-refractivity contribution in [1.29, 1.82) is 0 Å². The summed E-state index contributed by atoms with van der Waals surface area (Å²) in [6.07, 6.45) is 3.53. The Morgan fingerprint density at radius 1 is 1.45 bits per heavy atom. The van der Waals surface area contributed by atoms with Crippen molar-refractivity contribution in [1.82, 2.24) is 0 Å². The SMILES string of the molecule is CC(C)CCN(c1ccc([N+](=O)[O-])cc1CCl)C1CC1. The average Bonchev–Trinajstić information content (AvgIpc) is 3.23. The van der Waals surface area contributed by atoms with Gasteiger partial charge in [-0.15, -0.1) is 11.6 Å². The summed E-state index contributed by atoms with van der Waals surface area (Å²) in [6, 6.07) is 5.62. The van der Waals surface area contributed by atoms with Gasteiger partial charge < -0.3 is 4.90 Å². The molecule has 1 aromatic rings. The number of nitro benzene ring substituents is 1. The lowest BCUT2D eigenvalue weighted by Crippen LogP contribution is -2.28. The summed E-state index contributed by atoms with van der Waals surface area (Å²) in [5.41, 5.74) is 2.04. The minimum atomic E-state index is -0.366. The summed E-state index contributed by atoms with van der Waals surface area (Å²) in [5, 5.41) is 10.9. The third kappa shape index (κ3) is 3.63. The monoisotopic (exact) mass is 296 g/mol. The Morgan fingerprint density at radius 3 is 2.65 bits per heavy atom. The summed E-state index contributed by atoms with van der Waals surface area (Å²) in [7, 11) is 0. The van der Waals surface area contributed by atoms with Crippen LogP contribution in [0.15, 0.2) is 18.2 Å². The minimum Gasteiger partial charge on any atom is -0.368 e. The van der Waals surface area contributed by atoms with Crippen LogP contribution in [0.2, 0.25) is 0 Å². The van der Waals surface area contributed by atoms with E-state index in [0.717, 1.165) is 24.2 Å². The Balaban J connectivity index is 2.25. The number of halogens is 1. The maximum absolute atomic E-state index is 10.9. The zero-order valence-corrected chi connectivity index (χ0v) is 12.8. The van der Waals surface area contributed by atoms with E-state index in [0.29, 0.717) is 17.8 Å². The number of benzene rings is 1. The lowest BCUT2D eigenvalue weighted by molar-refractivity contribution is -0.384. The second kappa shape index (κ2) is 6.44. The molecule has 0 bridgehead atoms. The molecule has 0 radical (unpaired) electrons. The molecule has 0 atom stereocenters. The minimum absolute atomic E-state index is 0.115. The largest absolute Gasteiger partial charge is 0.368 e. The van der Waals surface area contributed by atoms with E-state index < -0.39 is 0 Å². The summed E-state index contributed by atoms with van der Waals surface area (Å²) in [6.45, 7) is 5.41. The first-order valence-electron chi connectivity index (χ1n) is 7.13. The second-order valence-corrected chi connectivity index (χ2v) is 6.08. The number of rotatable bonds is 7. The predicted molar refractivity (Wildman–Crippen MR) is 82.5 cm³/mol. The van der Waals surface area contributed by atoms with Crippen LogP contribution in [0.5, 0.6) is 0 Å².